The Bertz CT molecular complexity index is 269. The molecule has 0 radical (unpaired) electrons. The van der Waals surface area contributed by atoms with Gasteiger partial charge in [0.05, 0.1) is 6.61 Å². The number of phenols is 1. The van der Waals surface area contributed by atoms with E-state index in [0.717, 1.165) is 18.4 Å². The van der Waals surface area contributed by atoms with Gasteiger partial charge >= 0.3 is 0 Å². The number of para-hydroxylation sites is 1. The summed E-state index contributed by atoms with van der Waals surface area (Å²) < 4.78 is 5.38. The van der Waals surface area contributed by atoms with E-state index >= 15 is 0 Å². The molecule has 0 bridgehead atoms. The third-order valence-corrected chi connectivity index (χ3v) is 1.93. The van der Waals surface area contributed by atoms with Gasteiger partial charge in [-0.05, 0) is 24.5 Å². The molecular formula is C11H16O2. The maximum Gasteiger partial charge on any atom is 0.161 e. The van der Waals surface area contributed by atoms with Gasteiger partial charge in [0, 0.05) is 0 Å². The van der Waals surface area contributed by atoms with Crippen LogP contribution in [0.25, 0.3) is 0 Å². The summed E-state index contributed by atoms with van der Waals surface area (Å²) in [5.74, 6) is 0.889. The number of aromatic hydroxyl groups is 1. The lowest BCUT2D eigenvalue weighted by Crippen LogP contribution is -1.96. The van der Waals surface area contributed by atoms with Gasteiger partial charge in [0.15, 0.2) is 11.5 Å². The minimum Gasteiger partial charge on any atom is -0.504 e. The standard InChI is InChI=1S/C11H16O2/c1-3-8-13-10-7-5-6-9(4-2)11(10)12/h5-7,12H,3-4,8H2,1-2H3. The number of aryl methyl sites for hydroxylation is 1. The van der Waals surface area contributed by atoms with Crippen molar-refractivity contribution in [2.75, 3.05) is 6.61 Å². The number of hydrogen-bond donors (Lipinski definition) is 1. The first-order chi connectivity index (χ1) is 6.29. The first-order valence-electron chi connectivity index (χ1n) is 4.73. The number of phenolic OH excluding ortho intramolecular Hbond substituents is 1. The summed E-state index contributed by atoms with van der Waals surface area (Å²) in [4.78, 5) is 0. The first-order valence-corrected chi connectivity index (χ1v) is 4.73. The molecule has 72 valence electrons. The third-order valence-electron chi connectivity index (χ3n) is 1.93. The molecule has 0 unspecified atom stereocenters. The van der Waals surface area contributed by atoms with Crippen molar-refractivity contribution in [3.05, 3.63) is 23.8 Å². The van der Waals surface area contributed by atoms with Gasteiger partial charge in [-0.2, -0.15) is 0 Å². The highest BCUT2D eigenvalue weighted by Crippen LogP contribution is 2.29. The maximum absolute atomic E-state index is 9.69. The lowest BCUT2D eigenvalue weighted by atomic mass is 10.1. The van der Waals surface area contributed by atoms with E-state index in [9.17, 15) is 5.11 Å². The normalized spacial score (nSPS) is 10.0. The summed E-state index contributed by atoms with van der Waals surface area (Å²) in [5, 5.41) is 9.69. The number of hydrogen-bond acceptors (Lipinski definition) is 2. The van der Waals surface area contributed by atoms with E-state index in [4.69, 9.17) is 4.74 Å². The molecule has 1 aromatic carbocycles. The lowest BCUT2D eigenvalue weighted by Gasteiger charge is -2.09. The molecule has 2 heteroatoms. The molecule has 0 fully saturated rings. The molecule has 0 aromatic heterocycles. The van der Waals surface area contributed by atoms with Crippen LogP contribution in [-0.4, -0.2) is 11.7 Å². The average molecular weight is 180 g/mol. The Kier molecular flexibility index (Phi) is 3.62. The summed E-state index contributed by atoms with van der Waals surface area (Å²) in [6.45, 7) is 4.71. The quantitative estimate of drug-likeness (QED) is 0.772. The zero-order valence-electron chi connectivity index (χ0n) is 8.21. The minimum atomic E-state index is 0.290. The Morgan fingerprint density at radius 2 is 2.08 bits per heavy atom. The van der Waals surface area contributed by atoms with Crippen molar-refractivity contribution < 1.29 is 9.84 Å². The molecule has 0 aliphatic carbocycles. The van der Waals surface area contributed by atoms with Gasteiger partial charge < -0.3 is 9.84 Å². The van der Waals surface area contributed by atoms with Crippen LogP contribution in [0.4, 0.5) is 0 Å². The molecule has 0 amide bonds. The average Bonchev–Trinajstić information content (AvgIpc) is 2.16. The smallest absolute Gasteiger partial charge is 0.161 e. The Labute approximate surface area is 79.2 Å². The van der Waals surface area contributed by atoms with Crippen LogP contribution in [0, 0.1) is 0 Å². The van der Waals surface area contributed by atoms with Crippen molar-refractivity contribution >= 4 is 0 Å². The van der Waals surface area contributed by atoms with Crippen molar-refractivity contribution in [2.45, 2.75) is 26.7 Å². The molecule has 1 rings (SSSR count). The first kappa shape index (κ1) is 9.90. The number of benzene rings is 1. The van der Waals surface area contributed by atoms with Crippen LogP contribution in [0.5, 0.6) is 11.5 Å². The van der Waals surface area contributed by atoms with Crippen LogP contribution in [0.1, 0.15) is 25.8 Å². The second-order valence-electron chi connectivity index (χ2n) is 2.97. The molecule has 0 saturated heterocycles. The van der Waals surface area contributed by atoms with Gasteiger partial charge in [-0.3, -0.25) is 0 Å². The van der Waals surface area contributed by atoms with Crippen molar-refractivity contribution in [1.82, 2.24) is 0 Å². The third kappa shape index (κ3) is 2.38. The number of rotatable bonds is 4. The molecule has 1 aromatic rings. The van der Waals surface area contributed by atoms with Crippen molar-refractivity contribution in [2.24, 2.45) is 0 Å². The van der Waals surface area contributed by atoms with E-state index in [0.29, 0.717) is 18.1 Å². The SMILES string of the molecule is CCCOc1cccc(CC)c1O. The fraction of sp³-hybridized carbons (Fsp3) is 0.455. The summed E-state index contributed by atoms with van der Waals surface area (Å²) in [6, 6.07) is 5.61. The van der Waals surface area contributed by atoms with Crippen molar-refractivity contribution in [3.8, 4) is 11.5 Å². The van der Waals surface area contributed by atoms with Crippen LogP contribution >= 0.6 is 0 Å². The highest BCUT2D eigenvalue weighted by Gasteiger charge is 2.05. The molecule has 2 nitrogen and oxygen atoms in total. The van der Waals surface area contributed by atoms with E-state index in [1.165, 1.54) is 0 Å². The molecule has 0 aliphatic rings. The Morgan fingerprint density at radius 3 is 2.69 bits per heavy atom. The largest absolute Gasteiger partial charge is 0.504 e. The van der Waals surface area contributed by atoms with Crippen LogP contribution in [0.2, 0.25) is 0 Å². The fourth-order valence-corrected chi connectivity index (χ4v) is 1.18. The zero-order chi connectivity index (χ0) is 9.68. The highest BCUT2D eigenvalue weighted by molar-refractivity contribution is 5.45. The van der Waals surface area contributed by atoms with E-state index in [1.807, 2.05) is 26.0 Å². The summed E-state index contributed by atoms with van der Waals surface area (Å²) in [5.41, 5.74) is 0.939. The molecule has 13 heavy (non-hydrogen) atoms. The van der Waals surface area contributed by atoms with Crippen molar-refractivity contribution in [1.29, 1.82) is 0 Å². The van der Waals surface area contributed by atoms with Crippen LogP contribution in [0.15, 0.2) is 18.2 Å². The minimum absolute atomic E-state index is 0.290. The van der Waals surface area contributed by atoms with Gasteiger partial charge in [0.2, 0.25) is 0 Å². The fourth-order valence-electron chi connectivity index (χ4n) is 1.18. The molecule has 0 atom stereocenters. The summed E-state index contributed by atoms with van der Waals surface area (Å²) in [7, 11) is 0. The van der Waals surface area contributed by atoms with Gasteiger partial charge in [-0.25, -0.2) is 0 Å². The second kappa shape index (κ2) is 4.75. The molecule has 0 heterocycles. The molecular weight excluding hydrogens is 164 g/mol. The summed E-state index contributed by atoms with van der Waals surface area (Å²) in [6.07, 6.45) is 1.78. The van der Waals surface area contributed by atoms with Gasteiger partial charge in [-0.15, -0.1) is 0 Å². The van der Waals surface area contributed by atoms with Gasteiger partial charge in [-0.1, -0.05) is 26.0 Å². The molecule has 0 saturated carbocycles. The van der Waals surface area contributed by atoms with Crippen LogP contribution in [0.3, 0.4) is 0 Å². The monoisotopic (exact) mass is 180 g/mol. The van der Waals surface area contributed by atoms with E-state index in [2.05, 4.69) is 0 Å². The van der Waals surface area contributed by atoms with Gasteiger partial charge in [0.1, 0.15) is 0 Å². The van der Waals surface area contributed by atoms with E-state index in [1.54, 1.807) is 6.07 Å². The van der Waals surface area contributed by atoms with Crippen LogP contribution < -0.4 is 4.74 Å². The lowest BCUT2D eigenvalue weighted by molar-refractivity contribution is 0.298. The van der Waals surface area contributed by atoms with Crippen molar-refractivity contribution in [3.63, 3.8) is 0 Å². The molecule has 0 spiro atoms. The Balaban J connectivity index is 2.81. The molecule has 1 N–H and O–H groups in total. The topological polar surface area (TPSA) is 29.5 Å². The maximum atomic E-state index is 9.69. The Morgan fingerprint density at radius 1 is 1.31 bits per heavy atom. The molecule has 0 aliphatic heterocycles. The van der Waals surface area contributed by atoms with E-state index in [-0.39, 0.29) is 0 Å². The summed E-state index contributed by atoms with van der Waals surface area (Å²) >= 11 is 0. The Hall–Kier alpha value is -1.18. The zero-order valence-corrected chi connectivity index (χ0v) is 8.21. The highest BCUT2D eigenvalue weighted by atomic mass is 16.5. The predicted molar refractivity (Wildman–Crippen MR) is 53.3 cm³/mol. The van der Waals surface area contributed by atoms with Gasteiger partial charge in [0.25, 0.3) is 0 Å². The van der Waals surface area contributed by atoms with Crippen LogP contribution in [-0.2, 0) is 6.42 Å². The number of ether oxygens (including phenoxy) is 1. The second-order valence-corrected chi connectivity index (χ2v) is 2.97. The van der Waals surface area contributed by atoms with E-state index < -0.39 is 0 Å². The predicted octanol–water partition coefficient (Wildman–Crippen LogP) is 2.74.